The minimum Gasteiger partial charge on any atom is -0.340 e. The molecule has 0 bridgehead atoms. The largest absolute Gasteiger partial charge is 0.340 e. The summed E-state index contributed by atoms with van der Waals surface area (Å²) < 4.78 is 2.28. The van der Waals surface area contributed by atoms with E-state index in [1.165, 1.54) is 16.6 Å². The number of benzene rings is 3. The molecule has 4 rings (SSSR count). The predicted octanol–water partition coefficient (Wildman–Crippen LogP) is 6.31. The molecule has 4 aromatic rings. The summed E-state index contributed by atoms with van der Waals surface area (Å²) in [5, 5.41) is 8.06. The first-order valence-corrected chi connectivity index (χ1v) is 9.42. The summed E-state index contributed by atoms with van der Waals surface area (Å²) in [7, 11) is 0. The number of allylic oxidation sites excluding steroid dienone is 1. The first-order valence-electron chi connectivity index (χ1n) is 9.42. The van der Waals surface area contributed by atoms with Gasteiger partial charge in [0.05, 0.1) is 17.6 Å². The molecule has 0 aliphatic rings. The topological polar surface area (TPSA) is 20.5 Å². The van der Waals surface area contributed by atoms with Crippen LogP contribution in [0.4, 0.5) is 11.4 Å². The van der Waals surface area contributed by atoms with Crippen molar-refractivity contribution in [2.45, 2.75) is 13.5 Å². The molecule has 3 heteroatoms. The molecule has 28 heavy (non-hydrogen) atoms. The second-order valence-corrected chi connectivity index (χ2v) is 6.64. The Balaban J connectivity index is 1.82. The fraction of sp³-hybridized carbons (Fsp3) is 0.0800. The third kappa shape index (κ3) is 3.35. The standard InChI is InChI=1S/C25H23N3/c1-3-18-27-20(2)24(23-16-10-11-17-25(23)27)19-26-28(21-12-6-4-7-13-21)22-14-8-5-9-15-22/h3-17,19H,1,18H2,2H3/b26-19-. The molecule has 3 nitrogen and oxygen atoms in total. The average Bonchev–Trinajstić information content (AvgIpc) is 3.02. The summed E-state index contributed by atoms with van der Waals surface area (Å²) in [6, 6.07) is 28.9. The average molecular weight is 365 g/mol. The molecule has 0 aliphatic carbocycles. The Labute approximate surface area is 165 Å². The maximum absolute atomic E-state index is 4.89. The molecule has 0 atom stereocenters. The number of anilines is 2. The van der Waals surface area contributed by atoms with Gasteiger partial charge in [-0.25, -0.2) is 5.01 Å². The fourth-order valence-corrected chi connectivity index (χ4v) is 3.52. The molecular weight excluding hydrogens is 342 g/mol. The Morgan fingerprint density at radius 1 is 0.857 bits per heavy atom. The summed E-state index contributed by atoms with van der Waals surface area (Å²) in [6.07, 6.45) is 3.90. The van der Waals surface area contributed by atoms with E-state index in [-0.39, 0.29) is 0 Å². The third-order valence-electron chi connectivity index (χ3n) is 4.90. The van der Waals surface area contributed by atoms with Crippen molar-refractivity contribution in [1.29, 1.82) is 0 Å². The van der Waals surface area contributed by atoms with Crippen molar-refractivity contribution in [3.05, 3.63) is 109 Å². The van der Waals surface area contributed by atoms with Gasteiger partial charge in [0.25, 0.3) is 0 Å². The number of hydrazone groups is 1. The SMILES string of the molecule is C=CCn1c(C)c(/C=N\N(c2ccccc2)c2ccccc2)c2ccccc21. The first kappa shape index (κ1) is 17.8. The van der Waals surface area contributed by atoms with Crippen molar-refractivity contribution < 1.29 is 0 Å². The van der Waals surface area contributed by atoms with Gasteiger partial charge in [0, 0.05) is 28.7 Å². The summed E-state index contributed by atoms with van der Waals surface area (Å²) >= 11 is 0. The van der Waals surface area contributed by atoms with Crippen LogP contribution in [0.15, 0.2) is 103 Å². The highest BCUT2D eigenvalue weighted by molar-refractivity contribution is 6.01. The summed E-state index contributed by atoms with van der Waals surface area (Å²) in [6.45, 7) is 6.82. The van der Waals surface area contributed by atoms with E-state index in [4.69, 9.17) is 5.10 Å². The smallest absolute Gasteiger partial charge is 0.0652 e. The van der Waals surface area contributed by atoms with Crippen LogP contribution in [-0.4, -0.2) is 10.8 Å². The fourth-order valence-electron chi connectivity index (χ4n) is 3.52. The second-order valence-electron chi connectivity index (χ2n) is 6.64. The van der Waals surface area contributed by atoms with Crippen LogP contribution in [0.3, 0.4) is 0 Å². The van der Waals surface area contributed by atoms with Gasteiger partial charge >= 0.3 is 0 Å². The van der Waals surface area contributed by atoms with Crippen molar-refractivity contribution in [2.75, 3.05) is 5.01 Å². The number of nitrogens with zero attached hydrogens (tertiary/aromatic N) is 3. The Morgan fingerprint density at radius 3 is 2.04 bits per heavy atom. The molecule has 1 aromatic heterocycles. The van der Waals surface area contributed by atoms with Crippen molar-refractivity contribution in [2.24, 2.45) is 5.10 Å². The Hall–Kier alpha value is -3.59. The van der Waals surface area contributed by atoms with E-state index >= 15 is 0 Å². The molecule has 0 N–H and O–H groups in total. The van der Waals surface area contributed by atoms with Crippen molar-refractivity contribution in [3.8, 4) is 0 Å². The lowest BCUT2D eigenvalue weighted by Crippen LogP contribution is -2.09. The lowest BCUT2D eigenvalue weighted by atomic mass is 10.1. The molecule has 3 aromatic carbocycles. The molecule has 0 fully saturated rings. The van der Waals surface area contributed by atoms with Crippen LogP contribution in [0.5, 0.6) is 0 Å². The Kier molecular flexibility index (Phi) is 5.07. The third-order valence-corrected chi connectivity index (χ3v) is 4.90. The molecule has 0 saturated heterocycles. The lowest BCUT2D eigenvalue weighted by Gasteiger charge is -2.19. The number of hydrogen-bond acceptors (Lipinski definition) is 2. The molecule has 0 saturated carbocycles. The van der Waals surface area contributed by atoms with Gasteiger partial charge in [-0.3, -0.25) is 0 Å². The molecular formula is C25H23N3. The van der Waals surface area contributed by atoms with Gasteiger partial charge < -0.3 is 4.57 Å². The normalized spacial score (nSPS) is 11.2. The molecule has 0 aliphatic heterocycles. The highest BCUT2D eigenvalue weighted by Gasteiger charge is 2.13. The number of rotatable bonds is 6. The minimum absolute atomic E-state index is 0.779. The van der Waals surface area contributed by atoms with Crippen molar-refractivity contribution >= 4 is 28.5 Å². The lowest BCUT2D eigenvalue weighted by molar-refractivity contribution is 0.828. The quantitative estimate of drug-likeness (QED) is 0.223. The number of para-hydroxylation sites is 3. The van der Waals surface area contributed by atoms with Crippen LogP contribution in [0.25, 0.3) is 10.9 Å². The van der Waals surface area contributed by atoms with Gasteiger partial charge in [-0.15, -0.1) is 6.58 Å². The van der Waals surface area contributed by atoms with Gasteiger partial charge in [-0.1, -0.05) is 60.7 Å². The van der Waals surface area contributed by atoms with Gasteiger partial charge in [0.2, 0.25) is 0 Å². The van der Waals surface area contributed by atoms with Crippen LogP contribution in [0.2, 0.25) is 0 Å². The van der Waals surface area contributed by atoms with Crippen LogP contribution in [0, 0.1) is 6.92 Å². The van der Waals surface area contributed by atoms with E-state index in [9.17, 15) is 0 Å². The van der Waals surface area contributed by atoms with Crippen LogP contribution >= 0.6 is 0 Å². The Morgan fingerprint density at radius 2 is 1.43 bits per heavy atom. The summed E-state index contributed by atoms with van der Waals surface area (Å²) in [5.41, 5.74) is 5.57. The van der Waals surface area contributed by atoms with Crippen LogP contribution < -0.4 is 5.01 Å². The summed E-state index contributed by atoms with van der Waals surface area (Å²) in [5.74, 6) is 0. The molecule has 1 heterocycles. The second kappa shape index (κ2) is 7.97. The van der Waals surface area contributed by atoms with Gasteiger partial charge in [0.1, 0.15) is 0 Å². The summed E-state index contributed by atoms with van der Waals surface area (Å²) in [4.78, 5) is 0. The maximum Gasteiger partial charge on any atom is 0.0652 e. The zero-order chi connectivity index (χ0) is 19.3. The predicted molar refractivity (Wildman–Crippen MR) is 119 cm³/mol. The molecule has 0 spiro atoms. The van der Waals surface area contributed by atoms with E-state index in [2.05, 4.69) is 66.6 Å². The van der Waals surface area contributed by atoms with Crippen molar-refractivity contribution in [1.82, 2.24) is 4.57 Å². The zero-order valence-corrected chi connectivity index (χ0v) is 16.0. The Bertz CT molecular complexity index is 1070. The van der Waals surface area contributed by atoms with E-state index in [1.54, 1.807) is 0 Å². The van der Waals surface area contributed by atoms with E-state index < -0.39 is 0 Å². The minimum atomic E-state index is 0.779. The van der Waals surface area contributed by atoms with Crippen molar-refractivity contribution in [3.63, 3.8) is 0 Å². The molecule has 0 radical (unpaired) electrons. The van der Waals surface area contributed by atoms with Gasteiger partial charge in [0.15, 0.2) is 0 Å². The first-order chi connectivity index (χ1) is 13.8. The van der Waals surface area contributed by atoms with E-state index in [0.29, 0.717) is 0 Å². The van der Waals surface area contributed by atoms with Gasteiger partial charge in [-0.05, 0) is 37.3 Å². The van der Waals surface area contributed by atoms with E-state index in [1.807, 2.05) is 53.7 Å². The number of aromatic nitrogens is 1. The monoisotopic (exact) mass is 365 g/mol. The highest BCUT2D eigenvalue weighted by atomic mass is 15.5. The maximum atomic E-state index is 4.89. The number of hydrogen-bond donors (Lipinski definition) is 0. The highest BCUT2D eigenvalue weighted by Crippen LogP contribution is 2.27. The van der Waals surface area contributed by atoms with E-state index in [0.717, 1.165) is 23.5 Å². The van der Waals surface area contributed by atoms with Crippen LogP contribution in [0.1, 0.15) is 11.3 Å². The zero-order valence-electron chi connectivity index (χ0n) is 16.0. The molecule has 0 unspecified atom stereocenters. The number of fused-ring (bicyclic) bond motifs is 1. The molecule has 138 valence electrons. The van der Waals surface area contributed by atoms with Gasteiger partial charge in [-0.2, -0.15) is 5.10 Å². The van der Waals surface area contributed by atoms with Crippen LogP contribution in [-0.2, 0) is 6.54 Å². The molecule has 0 amide bonds.